The van der Waals surface area contributed by atoms with Crippen molar-refractivity contribution < 1.29 is 9.53 Å². The molecule has 1 aliphatic carbocycles. The minimum Gasteiger partial charge on any atom is -0.376 e. The van der Waals surface area contributed by atoms with Gasteiger partial charge in [-0.05, 0) is 67.2 Å². The standard InChI is InChI=1S/C21H25N5O2/c1-13-5-6-16-10-17(20-22-23-24-26(20)19(16)14(13)2)11-25(21(27)15-7-8-15)12-18-4-3-9-28-18/h5-6,10,15,18H,3-4,7-9,11-12H2,1-2H3/t18-/m0/s1. The van der Waals surface area contributed by atoms with E-state index in [1.807, 2.05) is 9.42 Å². The molecule has 2 aromatic heterocycles. The monoisotopic (exact) mass is 379 g/mol. The number of benzene rings is 1. The summed E-state index contributed by atoms with van der Waals surface area (Å²) in [6, 6.07) is 6.36. The fraction of sp³-hybridized carbons (Fsp3) is 0.524. The molecule has 0 radical (unpaired) electrons. The Balaban J connectivity index is 1.55. The van der Waals surface area contributed by atoms with Crippen molar-refractivity contribution in [1.82, 2.24) is 24.9 Å². The van der Waals surface area contributed by atoms with Crippen molar-refractivity contribution >= 4 is 22.5 Å². The Bertz CT molecular complexity index is 1050. The molecule has 146 valence electrons. The van der Waals surface area contributed by atoms with Crippen LogP contribution in [-0.4, -0.2) is 50.1 Å². The van der Waals surface area contributed by atoms with E-state index in [0.717, 1.165) is 54.4 Å². The Morgan fingerprint density at radius 1 is 1.29 bits per heavy atom. The van der Waals surface area contributed by atoms with Crippen LogP contribution in [0.4, 0.5) is 0 Å². The summed E-state index contributed by atoms with van der Waals surface area (Å²) in [4.78, 5) is 14.9. The van der Waals surface area contributed by atoms with Crippen LogP contribution in [0.15, 0.2) is 18.2 Å². The third-order valence-electron chi connectivity index (χ3n) is 6.08. The number of carbonyl (C=O) groups is 1. The van der Waals surface area contributed by atoms with Crippen LogP contribution in [0.5, 0.6) is 0 Å². The van der Waals surface area contributed by atoms with Gasteiger partial charge in [-0.1, -0.05) is 12.1 Å². The zero-order valence-electron chi connectivity index (χ0n) is 16.4. The zero-order chi connectivity index (χ0) is 19.3. The number of aryl methyl sites for hydroxylation is 2. The summed E-state index contributed by atoms with van der Waals surface area (Å²) >= 11 is 0. The maximum absolute atomic E-state index is 12.9. The molecular weight excluding hydrogens is 354 g/mol. The molecule has 3 aromatic rings. The average molecular weight is 379 g/mol. The fourth-order valence-electron chi connectivity index (χ4n) is 4.19. The van der Waals surface area contributed by atoms with E-state index < -0.39 is 0 Å². The van der Waals surface area contributed by atoms with E-state index in [-0.39, 0.29) is 17.9 Å². The molecular formula is C21H25N5O2. The normalized spacial score (nSPS) is 19.6. The second-order valence-corrected chi connectivity index (χ2v) is 8.16. The highest BCUT2D eigenvalue weighted by Gasteiger charge is 2.35. The van der Waals surface area contributed by atoms with Gasteiger partial charge in [0.15, 0.2) is 5.65 Å². The third kappa shape index (κ3) is 3.03. The maximum Gasteiger partial charge on any atom is 0.226 e. The number of tetrazole rings is 1. The van der Waals surface area contributed by atoms with Gasteiger partial charge in [-0.3, -0.25) is 4.79 Å². The van der Waals surface area contributed by atoms with Crippen LogP contribution >= 0.6 is 0 Å². The smallest absolute Gasteiger partial charge is 0.226 e. The number of fused-ring (bicyclic) bond motifs is 3. The third-order valence-corrected chi connectivity index (χ3v) is 6.08. The Morgan fingerprint density at radius 3 is 2.89 bits per heavy atom. The van der Waals surface area contributed by atoms with Crippen LogP contribution in [0.25, 0.3) is 16.6 Å². The lowest BCUT2D eigenvalue weighted by atomic mass is 10.0. The predicted octanol–water partition coefficient (Wildman–Crippen LogP) is 2.81. The minimum atomic E-state index is 0.139. The minimum absolute atomic E-state index is 0.139. The lowest BCUT2D eigenvalue weighted by Crippen LogP contribution is -2.38. The van der Waals surface area contributed by atoms with Gasteiger partial charge in [0.05, 0.1) is 11.6 Å². The van der Waals surface area contributed by atoms with E-state index in [0.29, 0.717) is 13.1 Å². The van der Waals surface area contributed by atoms with Crippen LogP contribution in [-0.2, 0) is 16.1 Å². The van der Waals surface area contributed by atoms with Crippen LogP contribution in [0.1, 0.15) is 42.4 Å². The molecule has 0 N–H and O–H groups in total. The second-order valence-electron chi connectivity index (χ2n) is 8.16. The highest BCUT2D eigenvalue weighted by molar-refractivity contribution is 5.87. The van der Waals surface area contributed by atoms with E-state index in [1.165, 1.54) is 11.1 Å². The Morgan fingerprint density at radius 2 is 2.14 bits per heavy atom. The molecule has 7 nitrogen and oxygen atoms in total. The molecule has 3 heterocycles. The van der Waals surface area contributed by atoms with E-state index >= 15 is 0 Å². The first kappa shape index (κ1) is 17.6. The topological polar surface area (TPSA) is 72.6 Å². The van der Waals surface area contributed by atoms with Gasteiger partial charge in [0, 0.05) is 36.6 Å². The van der Waals surface area contributed by atoms with Crippen molar-refractivity contribution in [2.24, 2.45) is 5.92 Å². The predicted molar refractivity (Wildman–Crippen MR) is 105 cm³/mol. The molecule has 1 saturated heterocycles. The highest BCUT2D eigenvalue weighted by Crippen LogP contribution is 2.33. The number of rotatable bonds is 5. The molecule has 28 heavy (non-hydrogen) atoms. The summed E-state index contributed by atoms with van der Waals surface area (Å²) in [5.41, 5.74) is 5.12. The summed E-state index contributed by atoms with van der Waals surface area (Å²) in [6.07, 6.45) is 4.23. The van der Waals surface area contributed by atoms with E-state index in [1.54, 1.807) is 0 Å². The molecule has 5 rings (SSSR count). The number of amides is 1. The van der Waals surface area contributed by atoms with Gasteiger partial charge < -0.3 is 9.64 Å². The largest absolute Gasteiger partial charge is 0.376 e. The quantitative estimate of drug-likeness (QED) is 0.682. The Hall–Kier alpha value is -2.54. The summed E-state index contributed by atoms with van der Waals surface area (Å²) < 4.78 is 7.62. The molecule has 2 fully saturated rings. The summed E-state index contributed by atoms with van der Waals surface area (Å²) in [5, 5.41) is 13.5. The number of nitrogens with zero attached hydrogens (tertiary/aromatic N) is 5. The Kier molecular flexibility index (Phi) is 4.27. The SMILES string of the molecule is Cc1ccc2cc(CN(C[C@@H]3CCCO3)C(=O)C3CC3)c3nnnn3c2c1C. The Labute approximate surface area is 163 Å². The number of aromatic nitrogens is 4. The van der Waals surface area contributed by atoms with Crippen molar-refractivity contribution in [3.8, 4) is 0 Å². The molecule has 0 bridgehead atoms. The van der Waals surface area contributed by atoms with Gasteiger partial charge >= 0.3 is 0 Å². The lowest BCUT2D eigenvalue weighted by molar-refractivity contribution is -0.134. The number of pyridine rings is 1. The first-order valence-electron chi connectivity index (χ1n) is 10.1. The van der Waals surface area contributed by atoms with E-state index in [9.17, 15) is 4.79 Å². The molecule has 0 spiro atoms. The van der Waals surface area contributed by atoms with E-state index in [2.05, 4.69) is 47.6 Å². The van der Waals surface area contributed by atoms with Gasteiger partial charge in [0.2, 0.25) is 5.91 Å². The molecule has 1 aromatic carbocycles. The van der Waals surface area contributed by atoms with Gasteiger partial charge in [0.1, 0.15) is 0 Å². The van der Waals surface area contributed by atoms with Crippen LogP contribution < -0.4 is 0 Å². The van der Waals surface area contributed by atoms with Crippen molar-refractivity contribution in [3.63, 3.8) is 0 Å². The number of hydrogen-bond donors (Lipinski definition) is 0. The first-order valence-corrected chi connectivity index (χ1v) is 10.1. The summed E-state index contributed by atoms with van der Waals surface area (Å²) in [5.74, 6) is 0.417. The summed E-state index contributed by atoms with van der Waals surface area (Å²) in [6.45, 7) is 6.15. The van der Waals surface area contributed by atoms with Gasteiger partial charge in [-0.25, -0.2) is 0 Å². The van der Waals surface area contributed by atoms with E-state index in [4.69, 9.17) is 4.74 Å². The molecule has 1 amide bonds. The first-order chi connectivity index (χ1) is 13.6. The molecule has 7 heteroatoms. The lowest BCUT2D eigenvalue weighted by Gasteiger charge is -2.26. The second kappa shape index (κ2) is 6.81. The fourth-order valence-corrected chi connectivity index (χ4v) is 4.19. The van der Waals surface area contributed by atoms with Crippen molar-refractivity contribution in [2.75, 3.05) is 13.2 Å². The number of carbonyl (C=O) groups excluding carboxylic acids is 1. The highest BCUT2D eigenvalue weighted by atomic mass is 16.5. The molecule has 0 unspecified atom stereocenters. The van der Waals surface area contributed by atoms with Crippen molar-refractivity contribution in [2.45, 2.75) is 52.2 Å². The maximum atomic E-state index is 12.9. The van der Waals surface area contributed by atoms with Crippen molar-refractivity contribution in [3.05, 3.63) is 34.9 Å². The molecule has 1 aliphatic heterocycles. The average Bonchev–Trinajstić information content (AvgIpc) is 3.19. The number of ether oxygens (including phenoxy) is 1. The van der Waals surface area contributed by atoms with Gasteiger partial charge in [0.25, 0.3) is 0 Å². The van der Waals surface area contributed by atoms with Gasteiger partial charge in [-0.2, -0.15) is 4.52 Å². The molecule has 2 aliphatic rings. The molecule has 1 saturated carbocycles. The summed E-state index contributed by atoms with van der Waals surface area (Å²) in [7, 11) is 0. The zero-order valence-corrected chi connectivity index (χ0v) is 16.4. The van der Waals surface area contributed by atoms with Crippen molar-refractivity contribution in [1.29, 1.82) is 0 Å². The van der Waals surface area contributed by atoms with Crippen LogP contribution in [0.2, 0.25) is 0 Å². The number of hydrogen-bond acceptors (Lipinski definition) is 5. The van der Waals surface area contributed by atoms with Crippen LogP contribution in [0, 0.1) is 19.8 Å². The van der Waals surface area contributed by atoms with Crippen LogP contribution in [0.3, 0.4) is 0 Å². The molecule has 1 atom stereocenters. The van der Waals surface area contributed by atoms with Gasteiger partial charge in [-0.15, -0.1) is 5.10 Å².